The Morgan fingerprint density at radius 2 is 2.21 bits per heavy atom. The average molecular weight is 265 g/mol. The van der Waals surface area contributed by atoms with E-state index in [2.05, 4.69) is 15.1 Å². The zero-order valence-corrected chi connectivity index (χ0v) is 11.3. The third-order valence-corrected chi connectivity index (χ3v) is 3.36. The van der Waals surface area contributed by atoms with E-state index in [4.69, 9.17) is 9.47 Å². The highest BCUT2D eigenvalue weighted by Gasteiger charge is 2.29. The molecule has 0 aliphatic carbocycles. The summed E-state index contributed by atoms with van der Waals surface area (Å²) < 4.78 is 9.83. The molecule has 1 atom stereocenters. The van der Waals surface area contributed by atoms with Gasteiger partial charge >= 0.3 is 5.97 Å². The number of hydrogen-bond acceptors (Lipinski definition) is 6. The molecule has 0 N–H and O–H groups in total. The molecule has 2 rings (SSSR count). The summed E-state index contributed by atoms with van der Waals surface area (Å²) in [5, 5.41) is 8.03. The fourth-order valence-electron chi connectivity index (χ4n) is 2.33. The number of likely N-dealkylation sites (tertiary alicyclic amines) is 1. The molecular formula is C13H19N3O3. The van der Waals surface area contributed by atoms with Gasteiger partial charge in [-0.25, -0.2) is 0 Å². The van der Waals surface area contributed by atoms with E-state index in [0.29, 0.717) is 12.4 Å². The van der Waals surface area contributed by atoms with Crippen molar-refractivity contribution in [1.29, 1.82) is 0 Å². The first-order valence-corrected chi connectivity index (χ1v) is 6.43. The number of carbonyl (C=O) groups is 1. The van der Waals surface area contributed by atoms with Crippen LogP contribution in [0.4, 0.5) is 0 Å². The summed E-state index contributed by atoms with van der Waals surface area (Å²) in [4.78, 5) is 13.9. The van der Waals surface area contributed by atoms with E-state index in [1.165, 1.54) is 7.11 Å². The zero-order chi connectivity index (χ0) is 13.7. The SMILES string of the molecule is COC(=O)C1CCCCN1Cc1ccc(OC)nn1. The Morgan fingerprint density at radius 1 is 1.37 bits per heavy atom. The molecule has 0 aromatic carbocycles. The van der Waals surface area contributed by atoms with Crippen LogP contribution in [0, 0.1) is 0 Å². The minimum absolute atomic E-state index is 0.164. The molecule has 0 amide bonds. The minimum atomic E-state index is -0.166. The van der Waals surface area contributed by atoms with Gasteiger partial charge in [0, 0.05) is 12.6 Å². The molecule has 1 fully saturated rings. The maximum atomic E-state index is 11.7. The van der Waals surface area contributed by atoms with Gasteiger partial charge in [0.05, 0.1) is 19.9 Å². The molecule has 104 valence electrons. The number of esters is 1. The fourth-order valence-corrected chi connectivity index (χ4v) is 2.33. The number of ether oxygens (including phenoxy) is 2. The molecule has 1 aliphatic heterocycles. The van der Waals surface area contributed by atoms with Crippen LogP contribution in [0.3, 0.4) is 0 Å². The van der Waals surface area contributed by atoms with E-state index in [1.807, 2.05) is 6.07 Å². The van der Waals surface area contributed by atoms with Crippen molar-refractivity contribution in [3.63, 3.8) is 0 Å². The Kier molecular flexibility index (Phi) is 4.68. The zero-order valence-electron chi connectivity index (χ0n) is 11.3. The molecule has 1 saturated heterocycles. The lowest BCUT2D eigenvalue weighted by atomic mass is 10.0. The second kappa shape index (κ2) is 6.47. The molecule has 0 saturated carbocycles. The molecule has 6 heteroatoms. The van der Waals surface area contributed by atoms with Crippen LogP contribution in [0.25, 0.3) is 0 Å². The molecule has 2 heterocycles. The molecule has 0 bridgehead atoms. The molecule has 1 unspecified atom stereocenters. The van der Waals surface area contributed by atoms with E-state index >= 15 is 0 Å². The van der Waals surface area contributed by atoms with Crippen LogP contribution in [0.15, 0.2) is 12.1 Å². The Balaban J connectivity index is 2.03. The summed E-state index contributed by atoms with van der Waals surface area (Å²) in [6, 6.07) is 3.48. The molecule has 0 spiro atoms. The normalized spacial score (nSPS) is 20.0. The predicted molar refractivity (Wildman–Crippen MR) is 68.6 cm³/mol. The number of methoxy groups -OCH3 is 2. The van der Waals surface area contributed by atoms with Gasteiger partial charge in [-0.1, -0.05) is 6.42 Å². The number of nitrogens with zero attached hydrogens (tertiary/aromatic N) is 3. The number of hydrogen-bond donors (Lipinski definition) is 0. The first-order chi connectivity index (χ1) is 9.24. The second-order valence-electron chi connectivity index (χ2n) is 4.57. The van der Waals surface area contributed by atoms with E-state index in [-0.39, 0.29) is 12.0 Å². The molecule has 1 aliphatic rings. The number of rotatable bonds is 4. The standard InChI is InChI=1S/C13H19N3O3/c1-18-12-7-6-10(14-15-12)9-16-8-4-3-5-11(16)13(17)19-2/h6-7,11H,3-5,8-9H2,1-2H3. The average Bonchev–Trinajstić information content (AvgIpc) is 2.48. The van der Waals surface area contributed by atoms with Gasteiger partial charge in [0.1, 0.15) is 6.04 Å². The monoisotopic (exact) mass is 265 g/mol. The maximum Gasteiger partial charge on any atom is 0.323 e. The van der Waals surface area contributed by atoms with Gasteiger partial charge in [-0.05, 0) is 25.5 Å². The maximum absolute atomic E-state index is 11.7. The van der Waals surface area contributed by atoms with Crippen molar-refractivity contribution in [3.8, 4) is 5.88 Å². The van der Waals surface area contributed by atoms with E-state index < -0.39 is 0 Å². The highest BCUT2D eigenvalue weighted by molar-refractivity contribution is 5.75. The van der Waals surface area contributed by atoms with E-state index in [0.717, 1.165) is 31.5 Å². The summed E-state index contributed by atoms with van der Waals surface area (Å²) in [6.45, 7) is 1.49. The molecular weight excluding hydrogens is 246 g/mol. The van der Waals surface area contributed by atoms with Crippen molar-refractivity contribution in [2.24, 2.45) is 0 Å². The second-order valence-corrected chi connectivity index (χ2v) is 4.57. The summed E-state index contributed by atoms with van der Waals surface area (Å²) >= 11 is 0. The lowest BCUT2D eigenvalue weighted by Gasteiger charge is -2.33. The lowest BCUT2D eigenvalue weighted by Crippen LogP contribution is -2.44. The minimum Gasteiger partial charge on any atom is -0.480 e. The number of carbonyl (C=O) groups excluding carboxylic acids is 1. The molecule has 1 aromatic heterocycles. The molecule has 19 heavy (non-hydrogen) atoms. The van der Waals surface area contributed by atoms with Crippen molar-refractivity contribution < 1.29 is 14.3 Å². The number of aromatic nitrogens is 2. The number of piperidine rings is 1. The van der Waals surface area contributed by atoms with Crippen LogP contribution in [-0.4, -0.2) is 47.9 Å². The summed E-state index contributed by atoms with van der Waals surface area (Å²) in [5.74, 6) is 0.327. The van der Waals surface area contributed by atoms with Crippen LogP contribution in [0.5, 0.6) is 5.88 Å². The largest absolute Gasteiger partial charge is 0.480 e. The third-order valence-electron chi connectivity index (χ3n) is 3.36. The van der Waals surface area contributed by atoms with Gasteiger partial charge in [0.2, 0.25) is 5.88 Å². The van der Waals surface area contributed by atoms with Gasteiger partial charge in [-0.3, -0.25) is 9.69 Å². The highest BCUT2D eigenvalue weighted by Crippen LogP contribution is 2.20. The molecule has 0 radical (unpaired) electrons. The van der Waals surface area contributed by atoms with Crippen molar-refractivity contribution in [2.45, 2.75) is 31.8 Å². The van der Waals surface area contributed by atoms with Crippen LogP contribution >= 0.6 is 0 Å². The summed E-state index contributed by atoms with van der Waals surface area (Å²) in [5.41, 5.74) is 0.830. The fraction of sp³-hybridized carbons (Fsp3) is 0.615. The van der Waals surface area contributed by atoms with E-state index in [1.54, 1.807) is 13.2 Å². The Labute approximate surface area is 112 Å². The Morgan fingerprint density at radius 3 is 2.84 bits per heavy atom. The van der Waals surface area contributed by atoms with Gasteiger partial charge in [-0.15, -0.1) is 5.10 Å². The van der Waals surface area contributed by atoms with Crippen LogP contribution in [0.2, 0.25) is 0 Å². The third kappa shape index (κ3) is 3.41. The van der Waals surface area contributed by atoms with Crippen molar-refractivity contribution in [3.05, 3.63) is 17.8 Å². The first kappa shape index (κ1) is 13.7. The van der Waals surface area contributed by atoms with Crippen LogP contribution in [0.1, 0.15) is 25.0 Å². The van der Waals surface area contributed by atoms with E-state index in [9.17, 15) is 4.79 Å². The van der Waals surface area contributed by atoms with Crippen molar-refractivity contribution >= 4 is 5.97 Å². The van der Waals surface area contributed by atoms with Crippen LogP contribution in [-0.2, 0) is 16.1 Å². The summed E-state index contributed by atoms with van der Waals surface area (Å²) in [7, 11) is 2.99. The van der Waals surface area contributed by atoms with Gasteiger partial charge in [-0.2, -0.15) is 5.10 Å². The quantitative estimate of drug-likeness (QED) is 0.757. The summed E-state index contributed by atoms with van der Waals surface area (Å²) in [6.07, 6.45) is 3.00. The van der Waals surface area contributed by atoms with Gasteiger partial charge in [0.25, 0.3) is 0 Å². The lowest BCUT2D eigenvalue weighted by molar-refractivity contribution is -0.148. The Hall–Kier alpha value is -1.69. The van der Waals surface area contributed by atoms with Gasteiger partial charge in [0.15, 0.2) is 0 Å². The molecule has 6 nitrogen and oxygen atoms in total. The van der Waals surface area contributed by atoms with Crippen molar-refractivity contribution in [2.75, 3.05) is 20.8 Å². The first-order valence-electron chi connectivity index (χ1n) is 6.43. The predicted octanol–water partition coefficient (Wildman–Crippen LogP) is 1.01. The van der Waals surface area contributed by atoms with Crippen molar-refractivity contribution in [1.82, 2.24) is 15.1 Å². The highest BCUT2D eigenvalue weighted by atomic mass is 16.5. The smallest absolute Gasteiger partial charge is 0.323 e. The Bertz CT molecular complexity index is 422. The topological polar surface area (TPSA) is 64.5 Å². The van der Waals surface area contributed by atoms with Gasteiger partial charge < -0.3 is 9.47 Å². The molecule has 1 aromatic rings. The van der Waals surface area contributed by atoms with Crippen LogP contribution < -0.4 is 4.74 Å².